The van der Waals surface area contributed by atoms with Gasteiger partial charge in [-0.05, 0) is 99.1 Å². The van der Waals surface area contributed by atoms with Gasteiger partial charge in [-0.2, -0.15) is 0 Å². The van der Waals surface area contributed by atoms with Crippen LogP contribution in [0.1, 0.15) is 37.5 Å². The lowest BCUT2D eigenvalue weighted by Gasteiger charge is -2.41. The number of benzene rings is 2. The Hall–Kier alpha value is -2.77. The van der Waals surface area contributed by atoms with Gasteiger partial charge in [-0.25, -0.2) is 0 Å². The first kappa shape index (κ1) is 22.4. The van der Waals surface area contributed by atoms with Crippen molar-refractivity contribution in [3.05, 3.63) is 69.2 Å². The number of hydrogen-bond acceptors (Lipinski definition) is 4. The van der Waals surface area contributed by atoms with E-state index in [2.05, 4.69) is 66.1 Å². The molecule has 32 heavy (non-hydrogen) atoms. The summed E-state index contributed by atoms with van der Waals surface area (Å²) in [4.78, 5) is 29.6. The third kappa shape index (κ3) is 3.80. The minimum Gasteiger partial charge on any atom is -0.365 e. The first-order chi connectivity index (χ1) is 15.0. The van der Waals surface area contributed by atoms with E-state index in [0.717, 1.165) is 26.9 Å². The summed E-state index contributed by atoms with van der Waals surface area (Å²) in [5.74, 6) is -0.931. The number of nitrogens with one attached hydrogen (secondary N) is 1. The van der Waals surface area contributed by atoms with Gasteiger partial charge in [0.05, 0.1) is 11.2 Å². The molecule has 0 radical (unpaired) electrons. The van der Waals surface area contributed by atoms with Gasteiger partial charge in [0.1, 0.15) is 5.57 Å². The van der Waals surface area contributed by atoms with Crippen LogP contribution in [-0.2, 0) is 9.59 Å². The van der Waals surface area contributed by atoms with Crippen molar-refractivity contribution in [3.8, 4) is 0 Å². The smallest absolute Gasteiger partial charge is 0.270 e. The zero-order valence-electron chi connectivity index (χ0n) is 18.6. The first-order valence-electron chi connectivity index (χ1n) is 10.2. The number of hydrogen-bond donors (Lipinski definition) is 1. The van der Waals surface area contributed by atoms with Crippen molar-refractivity contribution < 1.29 is 9.59 Å². The van der Waals surface area contributed by atoms with E-state index in [0.29, 0.717) is 5.69 Å². The number of amides is 2. The van der Waals surface area contributed by atoms with Crippen molar-refractivity contribution >= 4 is 68.1 Å². The summed E-state index contributed by atoms with van der Waals surface area (Å²) in [6.07, 6.45) is 3.89. The van der Waals surface area contributed by atoms with E-state index < -0.39 is 11.8 Å². The Morgan fingerprint density at radius 3 is 2.41 bits per heavy atom. The number of carbonyl (C=O) groups excluding carboxylic acids is 2. The topological polar surface area (TPSA) is 52.7 Å². The van der Waals surface area contributed by atoms with Gasteiger partial charge >= 0.3 is 0 Å². The molecule has 0 aromatic heterocycles. The largest absolute Gasteiger partial charge is 0.365 e. The van der Waals surface area contributed by atoms with Gasteiger partial charge in [0.15, 0.2) is 5.11 Å². The molecule has 1 saturated heterocycles. The highest BCUT2D eigenvalue weighted by Gasteiger charge is 2.35. The zero-order chi connectivity index (χ0) is 23.4. The molecule has 2 aliphatic heterocycles. The van der Waals surface area contributed by atoms with E-state index in [-0.39, 0.29) is 16.2 Å². The minimum atomic E-state index is -0.490. The molecule has 2 amide bonds. The molecular formula is C25H24BrN3O2S. The molecule has 164 valence electrons. The quantitative estimate of drug-likeness (QED) is 0.342. The Balaban J connectivity index is 1.78. The Kier molecular flexibility index (Phi) is 5.59. The van der Waals surface area contributed by atoms with E-state index in [1.54, 1.807) is 18.2 Å². The Morgan fingerprint density at radius 2 is 1.75 bits per heavy atom. The summed E-state index contributed by atoms with van der Waals surface area (Å²) >= 11 is 8.68. The maximum Gasteiger partial charge on any atom is 0.270 e. The lowest BCUT2D eigenvalue weighted by Crippen LogP contribution is -2.54. The van der Waals surface area contributed by atoms with Crippen LogP contribution in [0.3, 0.4) is 0 Å². The number of carbonyl (C=O) groups is 2. The van der Waals surface area contributed by atoms with Crippen molar-refractivity contribution in [3.63, 3.8) is 0 Å². The van der Waals surface area contributed by atoms with Gasteiger partial charge in [-0.3, -0.25) is 19.8 Å². The first-order valence-corrected chi connectivity index (χ1v) is 11.4. The van der Waals surface area contributed by atoms with E-state index in [1.807, 2.05) is 25.1 Å². The predicted molar refractivity (Wildman–Crippen MR) is 138 cm³/mol. The fourth-order valence-electron chi connectivity index (χ4n) is 4.11. The standard InChI is InChI=1S/C25H24BrN3O2S/c1-14-10-21-19(15(2)13-25(3,4)28(21)5)11-16(14)12-20-22(30)27-24(32)29(23(20)31)18-8-6-17(26)7-9-18/h6-13H,1-5H3,(H,27,30,32)/b20-12-. The number of allylic oxidation sites excluding steroid dienone is 1. The van der Waals surface area contributed by atoms with Gasteiger partial charge in [0.25, 0.3) is 11.8 Å². The second-order valence-electron chi connectivity index (χ2n) is 8.70. The van der Waals surface area contributed by atoms with Crippen molar-refractivity contribution in [1.82, 2.24) is 5.32 Å². The number of thiocarbonyl (C=S) groups is 1. The molecule has 0 bridgehead atoms. The van der Waals surface area contributed by atoms with Crippen LogP contribution in [0.25, 0.3) is 11.6 Å². The fraction of sp³-hybridized carbons (Fsp3) is 0.240. The number of nitrogens with zero attached hydrogens (tertiary/aromatic N) is 2. The summed E-state index contributed by atoms with van der Waals surface area (Å²) < 4.78 is 0.887. The molecule has 0 saturated carbocycles. The fourth-order valence-corrected chi connectivity index (χ4v) is 4.66. The van der Waals surface area contributed by atoms with Crippen LogP contribution in [0.4, 0.5) is 11.4 Å². The average Bonchev–Trinajstić information content (AvgIpc) is 2.71. The molecule has 0 spiro atoms. The van der Waals surface area contributed by atoms with Crippen LogP contribution in [0.5, 0.6) is 0 Å². The average molecular weight is 510 g/mol. The maximum absolute atomic E-state index is 13.3. The Bertz CT molecular complexity index is 1230. The molecule has 7 heteroatoms. The summed E-state index contributed by atoms with van der Waals surface area (Å²) in [7, 11) is 2.08. The minimum absolute atomic E-state index is 0.0516. The Morgan fingerprint density at radius 1 is 1.09 bits per heavy atom. The van der Waals surface area contributed by atoms with Crippen molar-refractivity contribution in [2.24, 2.45) is 0 Å². The highest BCUT2D eigenvalue weighted by atomic mass is 79.9. The SMILES string of the molecule is CC1=CC(C)(C)N(C)c2cc(C)c(/C=C3/C(=O)NC(=S)N(c4ccc(Br)cc4)C3=O)cc21. The summed E-state index contributed by atoms with van der Waals surface area (Å²) in [5, 5.41) is 2.72. The molecule has 2 aliphatic rings. The van der Waals surface area contributed by atoms with Crippen LogP contribution in [-0.4, -0.2) is 29.5 Å². The normalized spacial score (nSPS) is 19.1. The van der Waals surface area contributed by atoms with Gasteiger partial charge in [-0.15, -0.1) is 0 Å². The van der Waals surface area contributed by atoms with E-state index in [9.17, 15) is 9.59 Å². The van der Waals surface area contributed by atoms with Gasteiger partial charge in [0, 0.05) is 22.8 Å². The molecule has 0 aliphatic carbocycles. The number of anilines is 2. The van der Waals surface area contributed by atoms with Gasteiger partial charge < -0.3 is 4.90 Å². The lowest BCUT2D eigenvalue weighted by atomic mass is 9.87. The molecule has 2 heterocycles. The molecule has 2 aromatic rings. The van der Waals surface area contributed by atoms with Gasteiger partial charge in [0.2, 0.25) is 0 Å². The third-order valence-electron chi connectivity index (χ3n) is 6.09. The van der Waals surface area contributed by atoms with Crippen molar-refractivity contribution in [2.75, 3.05) is 16.8 Å². The van der Waals surface area contributed by atoms with Crippen molar-refractivity contribution in [2.45, 2.75) is 33.2 Å². The Labute approximate surface area is 201 Å². The van der Waals surface area contributed by atoms with Crippen LogP contribution in [0.2, 0.25) is 0 Å². The molecule has 1 N–H and O–H groups in total. The van der Waals surface area contributed by atoms with E-state index in [1.165, 1.54) is 10.5 Å². The lowest BCUT2D eigenvalue weighted by molar-refractivity contribution is -0.122. The monoisotopic (exact) mass is 509 g/mol. The molecule has 0 atom stereocenters. The van der Waals surface area contributed by atoms with Crippen molar-refractivity contribution in [1.29, 1.82) is 0 Å². The van der Waals surface area contributed by atoms with Crippen LogP contribution >= 0.6 is 28.1 Å². The van der Waals surface area contributed by atoms with Crippen LogP contribution in [0.15, 0.2) is 52.5 Å². The summed E-state index contributed by atoms with van der Waals surface area (Å²) in [5.41, 5.74) is 5.75. The third-order valence-corrected chi connectivity index (χ3v) is 6.90. The second-order valence-corrected chi connectivity index (χ2v) is 10.0. The van der Waals surface area contributed by atoms with Crippen LogP contribution in [0, 0.1) is 6.92 Å². The molecule has 4 rings (SSSR count). The maximum atomic E-state index is 13.3. The number of fused-ring (bicyclic) bond motifs is 1. The highest BCUT2D eigenvalue weighted by molar-refractivity contribution is 9.10. The highest BCUT2D eigenvalue weighted by Crippen LogP contribution is 2.39. The van der Waals surface area contributed by atoms with E-state index in [4.69, 9.17) is 12.2 Å². The van der Waals surface area contributed by atoms with E-state index >= 15 is 0 Å². The number of likely N-dealkylation sites (N-methyl/N-ethyl adjacent to an activating group) is 1. The molecular weight excluding hydrogens is 486 g/mol. The number of halogens is 1. The summed E-state index contributed by atoms with van der Waals surface area (Å²) in [6.45, 7) is 8.43. The summed E-state index contributed by atoms with van der Waals surface area (Å²) in [6, 6.07) is 11.4. The zero-order valence-corrected chi connectivity index (χ0v) is 21.0. The number of aryl methyl sites for hydroxylation is 1. The molecule has 5 nitrogen and oxygen atoms in total. The molecule has 2 aromatic carbocycles. The van der Waals surface area contributed by atoms with Crippen LogP contribution < -0.4 is 15.1 Å². The second kappa shape index (κ2) is 7.98. The number of rotatable bonds is 2. The molecule has 0 unspecified atom stereocenters. The van der Waals surface area contributed by atoms with Gasteiger partial charge in [-0.1, -0.05) is 22.0 Å². The molecule has 1 fully saturated rings. The predicted octanol–water partition coefficient (Wildman–Crippen LogP) is 5.22.